The number of nitrogens with zero attached hydrogens (tertiary/aromatic N) is 2. The average Bonchev–Trinajstić information content (AvgIpc) is 2.97. The van der Waals surface area contributed by atoms with Crippen LogP contribution >= 0.6 is 0 Å². The molecule has 3 amide bonds. The first-order valence-corrected chi connectivity index (χ1v) is 16.9. The zero-order valence-corrected chi connectivity index (χ0v) is 27.5. The molecule has 4 atom stereocenters. The number of carbonyl (C=O) groups is 2. The molecule has 0 saturated carbocycles. The van der Waals surface area contributed by atoms with E-state index >= 15 is 0 Å². The van der Waals surface area contributed by atoms with Gasteiger partial charge in [-0.1, -0.05) is 6.92 Å². The quantitative estimate of drug-likeness (QED) is 0.375. The lowest BCUT2D eigenvalue weighted by Crippen LogP contribution is -2.48. The zero-order chi connectivity index (χ0) is 34.2. The Balaban J connectivity index is 1.87. The lowest BCUT2D eigenvalue weighted by atomic mass is 10.0. The number of sulfonamides is 1. The minimum Gasteiger partial charge on any atom is -0.490 e. The molecule has 2 aromatic carbocycles. The Morgan fingerprint density at radius 1 is 1.13 bits per heavy atom. The summed E-state index contributed by atoms with van der Waals surface area (Å²) < 4.78 is 77.3. The number of hydrogen-bond acceptors (Lipinski definition) is 7. The zero-order valence-electron chi connectivity index (χ0n) is 26.6. The highest BCUT2D eigenvalue weighted by Crippen LogP contribution is 2.31. The lowest BCUT2D eigenvalue weighted by Gasteiger charge is -2.35. The van der Waals surface area contributed by atoms with Crippen LogP contribution in [0.4, 0.5) is 29.3 Å². The van der Waals surface area contributed by atoms with Crippen LogP contribution in [-0.4, -0.2) is 93.1 Å². The highest BCUT2D eigenvalue weighted by molar-refractivity contribution is 7.92. The number of aliphatic hydroxyl groups excluding tert-OH is 1. The Labute approximate surface area is 268 Å². The SMILES string of the molecule is C[C@H](CO)N1C[C@H](C)[C@@H](CN(C)C(=O)Nc2ccc(C(F)(F)F)cc2)OCCCC[C@H](C)Oc2ccc(NS(C)(=O)=O)cc2C1=O. The standard InChI is InChI=1S/C31H43F3N4O7S/c1-20-17-38(21(2)19-39)29(40)26-16-25(36-46(5,42)43)13-14-27(26)45-22(3)8-6-7-15-44-28(20)18-37(4)30(41)35-24-11-9-23(10-12-24)31(32,33)34/h9-14,16,20-22,28,36,39H,6-8,15,17-19H2,1-5H3,(H,35,41)/t20-,21+,22-,28+/m0/s1. The summed E-state index contributed by atoms with van der Waals surface area (Å²) in [5.74, 6) is -0.566. The van der Waals surface area contributed by atoms with Crippen molar-refractivity contribution in [3.05, 3.63) is 53.6 Å². The Morgan fingerprint density at radius 3 is 2.39 bits per heavy atom. The van der Waals surface area contributed by atoms with Crippen molar-refractivity contribution < 1.29 is 45.8 Å². The van der Waals surface area contributed by atoms with E-state index < -0.39 is 45.8 Å². The molecular weight excluding hydrogens is 629 g/mol. The summed E-state index contributed by atoms with van der Waals surface area (Å²) in [5.41, 5.74) is -0.337. The van der Waals surface area contributed by atoms with Crippen LogP contribution in [0.2, 0.25) is 0 Å². The largest absolute Gasteiger partial charge is 0.490 e. The van der Waals surface area contributed by atoms with Crippen molar-refractivity contribution in [2.45, 2.75) is 64.5 Å². The van der Waals surface area contributed by atoms with Crippen molar-refractivity contribution in [3.63, 3.8) is 0 Å². The number of carbonyl (C=O) groups excluding carboxylic acids is 2. The van der Waals surface area contributed by atoms with E-state index in [1.54, 1.807) is 13.0 Å². The molecule has 0 bridgehead atoms. The number of fused-ring (bicyclic) bond motifs is 1. The second-order valence-corrected chi connectivity index (χ2v) is 13.5. The number of urea groups is 1. The molecule has 15 heteroatoms. The predicted octanol–water partition coefficient (Wildman–Crippen LogP) is 5.04. The lowest BCUT2D eigenvalue weighted by molar-refractivity contribution is -0.137. The van der Waals surface area contributed by atoms with E-state index in [-0.39, 0.29) is 54.4 Å². The minimum atomic E-state index is -4.50. The van der Waals surface area contributed by atoms with Gasteiger partial charge in [0.2, 0.25) is 10.0 Å². The van der Waals surface area contributed by atoms with Gasteiger partial charge in [0, 0.05) is 44.0 Å². The van der Waals surface area contributed by atoms with Gasteiger partial charge >= 0.3 is 12.2 Å². The van der Waals surface area contributed by atoms with Gasteiger partial charge in [0.1, 0.15) is 5.75 Å². The van der Waals surface area contributed by atoms with E-state index in [0.29, 0.717) is 19.4 Å². The molecule has 0 spiro atoms. The van der Waals surface area contributed by atoms with Crippen molar-refractivity contribution in [2.24, 2.45) is 5.92 Å². The molecule has 2 aromatic rings. The Bertz CT molecular complexity index is 1440. The summed E-state index contributed by atoms with van der Waals surface area (Å²) in [6.45, 7) is 5.62. The predicted molar refractivity (Wildman–Crippen MR) is 168 cm³/mol. The second kappa shape index (κ2) is 15.8. The fourth-order valence-electron chi connectivity index (χ4n) is 4.98. The third-order valence-electron chi connectivity index (χ3n) is 7.62. The van der Waals surface area contributed by atoms with Crippen LogP contribution < -0.4 is 14.8 Å². The van der Waals surface area contributed by atoms with Gasteiger partial charge in [-0.3, -0.25) is 9.52 Å². The van der Waals surface area contributed by atoms with Gasteiger partial charge in [-0.15, -0.1) is 0 Å². The molecule has 0 aromatic heterocycles. The summed E-state index contributed by atoms with van der Waals surface area (Å²) >= 11 is 0. The second-order valence-electron chi connectivity index (χ2n) is 11.8. The molecular formula is C31H43F3N4O7S. The maximum Gasteiger partial charge on any atom is 0.416 e. The van der Waals surface area contributed by atoms with E-state index in [4.69, 9.17) is 9.47 Å². The molecule has 3 rings (SSSR count). The summed E-state index contributed by atoms with van der Waals surface area (Å²) in [4.78, 5) is 29.9. The molecule has 0 radical (unpaired) electrons. The highest BCUT2D eigenvalue weighted by Gasteiger charge is 2.32. The topological polar surface area (TPSA) is 138 Å². The van der Waals surface area contributed by atoms with Gasteiger partial charge in [-0.2, -0.15) is 13.2 Å². The number of hydrogen-bond donors (Lipinski definition) is 3. The fourth-order valence-corrected chi connectivity index (χ4v) is 5.53. The third-order valence-corrected chi connectivity index (χ3v) is 8.23. The number of benzene rings is 2. The van der Waals surface area contributed by atoms with Crippen LogP contribution in [0.15, 0.2) is 42.5 Å². The Morgan fingerprint density at radius 2 is 1.78 bits per heavy atom. The number of likely N-dealkylation sites (N-methyl/N-ethyl adjacent to an activating group) is 1. The van der Waals surface area contributed by atoms with Crippen LogP contribution in [0.25, 0.3) is 0 Å². The van der Waals surface area contributed by atoms with Crippen LogP contribution in [0.5, 0.6) is 5.75 Å². The van der Waals surface area contributed by atoms with E-state index in [1.807, 2.05) is 13.8 Å². The molecule has 256 valence electrons. The fraction of sp³-hybridized carbons (Fsp3) is 0.548. The highest BCUT2D eigenvalue weighted by atomic mass is 32.2. The molecule has 0 aliphatic carbocycles. The maximum atomic E-state index is 14.1. The van der Waals surface area contributed by atoms with Crippen molar-refractivity contribution in [1.29, 1.82) is 0 Å². The number of alkyl halides is 3. The van der Waals surface area contributed by atoms with Crippen molar-refractivity contribution >= 4 is 33.3 Å². The van der Waals surface area contributed by atoms with Crippen LogP contribution in [0, 0.1) is 5.92 Å². The molecule has 1 aliphatic heterocycles. The van der Waals surface area contributed by atoms with E-state index in [2.05, 4.69) is 10.0 Å². The normalized spacial score (nSPS) is 20.9. The third kappa shape index (κ3) is 10.8. The number of ether oxygens (including phenoxy) is 2. The number of halogens is 3. The molecule has 0 fully saturated rings. The van der Waals surface area contributed by atoms with Crippen LogP contribution in [0.3, 0.4) is 0 Å². The van der Waals surface area contributed by atoms with Crippen molar-refractivity contribution in [3.8, 4) is 5.75 Å². The average molecular weight is 673 g/mol. The summed E-state index contributed by atoms with van der Waals surface area (Å²) in [7, 11) is -2.10. The molecule has 0 unspecified atom stereocenters. The first kappa shape index (κ1) is 36.9. The summed E-state index contributed by atoms with van der Waals surface area (Å²) in [5, 5.41) is 12.7. The monoisotopic (exact) mass is 672 g/mol. The first-order valence-electron chi connectivity index (χ1n) is 15.0. The smallest absolute Gasteiger partial charge is 0.416 e. The number of anilines is 2. The van der Waals surface area contributed by atoms with E-state index in [9.17, 15) is 36.3 Å². The number of aliphatic hydroxyl groups is 1. The van der Waals surface area contributed by atoms with Gasteiger partial charge in [-0.05, 0) is 75.6 Å². The van der Waals surface area contributed by atoms with Crippen molar-refractivity contribution in [1.82, 2.24) is 9.80 Å². The molecule has 46 heavy (non-hydrogen) atoms. The Kier molecular flexibility index (Phi) is 12.7. The maximum absolute atomic E-state index is 14.1. The number of nitrogens with one attached hydrogen (secondary N) is 2. The molecule has 1 aliphatic rings. The van der Waals surface area contributed by atoms with Gasteiger partial charge in [0.15, 0.2) is 0 Å². The van der Waals surface area contributed by atoms with E-state index in [1.165, 1.54) is 41.1 Å². The van der Waals surface area contributed by atoms with Crippen LogP contribution in [-0.2, 0) is 20.9 Å². The number of rotatable bonds is 7. The van der Waals surface area contributed by atoms with Crippen molar-refractivity contribution in [2.75, 3.05) is 49.6 Å². The summed E-state index contributed by atoms with van der Waals surface area (Å²) in [6.07, 6.45) is -2.24. The van der Waals surface area contributed by atoms with Crippen LogP contribution in [0.1, 0.15) is 56.0 Å². The number of amides is 3. The molecule has 0 saturated heterocycles. The Hall–Kier alpha value is -3.56. The van der Waals surface area contributed by atoms with Gasteiger partial charge in [0.05, 0.1) is 42.2 Å². The van der Waals surface area contributed by atoms with Gasteiger partial charge < -0.3 is 29.7 Å². The van der Waals surface area contributed by atoms with Gasteiger partial charge in [-0.25, -0.2) is 13.2 Å². The van der Waals surface area contributed by atoms with E-state index in [0.717, 1.165) is 24.8 Å². The van der Waals surface area contributed by atoms with Gasteiger partial charge in [0.25, 0.3) is 5.91 Å². The first-order chi connectivity index (χ1) is 21.5. The minimum absolute atomic E-state index is 0.0989. The molecule has 3 N–H and O–H groups in total. The molecule has 1 heterocycles. The summed E-state index contributed by atoms with van der Waals surface area (Å²) in [6, 6.07) is 7.40. The molecule has 11 nitrogen and oxygen atoms in total.